The summed E-state index contributed by atoms with van der Waals surface area (Å²) in [4.78, 5) is 25.9. The van der Waals surface area contributed by atoms with Crippen molar-refractivity contribution in [2.75, 3.05) is 37.8 Å². The van der Waals surface area contributed by atoms with Crippen LogP contribution in [-0.2, 0) is 29.0 Å². The molecule has 0 unspecified atom stereocenters. The van der Waals surface area contributed by atoms with E-state index < -0.39 is 0 Å². The zero-order valence-corrected chi connectivity index (χ0v) is 18.0. The van der Waals surface area contributed by atoms with Gasteiger partial charge in [-0.3, -0.25) is 14.6 Å². The summed E-state index contributed by atoms with van der Waals surface area (Å²) in [6, 6.07) is 8.92. The van der Waals surface area contributed by atoms with E-state index in [1.165, 1.54) is 31.5 Å². The van der Waals surface area contributed by atoms with Crippen molar-refractivity contribution in [3.63, 3.8) is 0 Å². The van der Waals surface area contributed by atoms with Gasteiger partial charge in [0.25, 0.3) is 0 Å². The Bertz CT molecular complexity index is 923. The molecule has 1 aromatic heterocycles. The van der Waals surface area contributed by atoms with Crippen molar-refractivity contribution in [3.8, 4) is 6.01 Å². The van der Waals surface area contributed by atoms with Gasteiger partial charge in [0.05, 0.1) is 19.6 Å². The summed E-state index contributed by atoms with van der Waals surface area (Å²) in [5.41, 5.74) is 3.30. The Morgan fingerprint density at radius 2 is 1.87 bits per heavy atom. The van der Waals surface area contributed by atoms with Crippen LogP contribution >= 0.6 is 0 Å². The van der Waals surface area contributed by atoms with Crippen LogP contribution in [0, 0.1) is 5.92 Å². The molecule has 3 aliphatic heterocycles. The largest absolute Gasteiger partial charge is 0.463 e. The van der Waals surface area contributed by atoms with Gasteiger partial charge < -0.3 is 9.47 Å². The fraction of sp³-hybridized carbons (Fsp3) is 0.542. The zero-order chi connectivity index (χ0) is 21.0. The van der Waals surface area contributed by atoms with Crippen molar-refractivity contribution in [1.29, 1.82) is 0 Å². The molecule has 2 fully saturated rings. The molecule has 164 valence electrons. The van der Waals surface area contributed by atoms with Crippen LogP contribution in [0.15, 0.2) is 30.5 Å². The first-order valence-corrected chi connectivity index (χ1v) is 11.4. The van der Waals surface area contributed by atoms with Gasteiger partial charge in [0.1, 0.15) is 5.82 Å². The van der Waals surface area contributed by atoms with Crippen LogP contribution in [0.1, 0.15) is 42.4 Å². The maximum atomic E-state index is 12.7. The van der Waals surface area contributed by atoms with Gasteiger partial charge in [-0.15, -0.1) is 0 Å². The Morgan fingerprint density at radius 3 is 2.68 bits per heavy atom. The molecule has 0 spiro atoms. The second-order valence-corrected chi connectivity index (χ2v) is 8.83. The van der Waals surface area contributed by atoms with E-state index in [9.17, 15) is 4.79 Å². The molecule has 2 saturated heterocycles. The lowest BCUT2D eigenvalue weighted by Crippen LogP contribution is -2.27. The fourth-order valence-corrected chi connectivity index (χ4v) is 4.66. The van der Waals surface area contributed by atoms with Crippen LogP contribution in [0.3, 0.4) is 0 Å². The number of benzene rings is 1. The number of rotatable bonds is 7. The van der Waals surface area contributed by atoms with Crippen LogP contribution in [0.4, 0.5) is 5.82 Å². The molecule has 0 N–H and O–H groups in total. The molecule has 31 heavy (non-hydrogen) atoms. The summed E-state index contributed by atoms with van der Waals surface area (Å²) in [6.07, 6.45) is 6.67. The summed E-state index contributed by atoms with van der Waals surface area (Å²) < 4.78 is 11.3. The highest BCUT2D eigenvalue weighted by Gasteiger charge is 2.30. The van der Waals surface area contributed by atoms with Gasteiger partial charge >= 0.3 is 6.01 Å². The maximum Gasteiger partial charge on any atom is 0.318 e. The molecule has 1 aromatic carbocycles. The van der Waals surface area contributed by atoms with E-state index in [0.29, 0.717) is 37.3 Å². The van der Waals surface area contributed by atoms with Crippen LogP contribution in [0.25, 0.3) is 0 Å². The number of fused-ring (bicyclic) bond motifs is 1. The smallest absolute Gasteiger partial charge is 0.318 e. The number of aromatic nitrogens is 2. The maximum absolute atomic E-state index is 12.7. The number of nitrogens with zero attached hydrogens (tertiary/aromatic N) is 4. The van der Waals surface area contributed by atoms with Crippen molar-refractivity contribution in [3.05, 3.63) is 47.2 Å². The molecule has 0 radical (unpaired) electrons. The number of anilines is 1. The number of carbonyl (C=O) groups is 1. The van der Waals surface area contributed by atoms with E-state index in [0.717, 1.165) is 43.7 Å². The Kier molecular flexibility index (Phi) is 6.13. The molecule has 0 saturated carbocycles. The standard InChI is InChI=1S/C24H30N4O3/c29-22-13-21-14-25-24(31-17-18-6-10-30-11-7-18)26-23(21)28(22)16-20-5-3-4-19(12-20)15-27-8-1-2-9-27/h3-5,12,14,18H,1-2,6-11,13,15-17H2. The van der Waals surface area contributed by atoms with Crippen molar-refractivity contribution < 1.29 is 14.3 Å². The highest BCUT2D eigenvalue weighted by Crippen LogP contribution is 2.30. The molecule has 2 aromatic rings. The van der Waals surface area contributed by atoms with E-state index in [4.69, 9.17) is 9.47 Å². The van der Waals surface area contributed by atoms with E-state index in [1.54, 1.807) is 11.1 Å². The highest BCUT2D eigenvalue weighted by atomic mass is 16.5. The van der Waals surface area contributed by atoms with Gasteiger partial charge in [-0.25, -0.2) is 4.98 Å². The topological polar surface area (TPSA) is 67.8 Å². The molecule has 3 aliphatic rings. The number of ether oxygens (including phenoxy) is 2. The summed E-state index contributed by atoms with van der Waals surface area (Å²) in [7, 11) is 0. The van der Waals surface area contributed by atoms with Crippen LogP contribution in [0.5, 0.6) is 6.01 Å². The van der Waals surface area contributed by atoms with E-state index in [-0.39, 0.29) is 5.91 Å². The second kappa shape index (κ2) is 9.32. The SMILES string of the molecule is O=C1Cc2cnc(OCC3CCOCC3)nc2N1Cc1cccc(CN2CCCC2)c1. The van der Waals surface area contributed by atoms with Crippen molar-refractivity contribution in [2.24, 2.45) is 5.92 Å². The number of likely N-dealkylation sites (tertiary alicyclic amines) is 1. The third-order valence-corrected chi connectivity index (χ3v) is 6.44. The summed E-state index contributed by atoms with van der Waals surface area (Å²) in [6.45, 7) is 6.03. The third kappa shape index (κ3) is 4.88. The number of amides is 1. The molecular weight excluding hydrogens is 392 g/mol. The molecule has 0 bridgehead atoms. The summed E-state index contributed by atoms with van der Waals surface area (Å²) in [5.74, 6) is 1.23. The monoisotopic (exact) mass is 422 g/mol. The Labute approximate surface area is 183 Å². The minimum Gasteiger partial charge on any atom is -0.463 e. The lowest BCUT2D eigenvalue weighted by molar-refractivity contribution is -0.117. The average Bonchev–Trinajstić information content (AvgIpc) is 3.41. The van der Waals surface area contributed by atoms with Gasteiger partial charge in [0, 0.05) is 31.5 Å². The van der Waals surface area contributed by atoms with E-state index in [2.05, 4.69) is 39.1 Å². The van der Waals surface area contributed by atoms with E-state index >= 15 is 0 Å². The first-order valence-electron chi connectivity index (χ1n) is 11.4. The Morgan fingerprint density at radius 1 is 1.10 bits per heavy atom. The molecule has 0 atom stereocenters. The first kappa shape index (κ1) is 20.4. The number of hydrogen-bond donors (Lipinski definition) is 0. The highest BCUT2D eigenvalue weighted by molar-refractivity contribution is 6.00. The molecule has 4 heterocycles. The molecule has 7 nitrogen and oxygen atoms in total. The fourth-order valence-electron chi connectivity index (χ4n) is 4.66. The van der Waals surface area contributed by atoms with Crippen LogP contribution < -0.4 is 9.64 Å². The molecular formula is C24H30N4O3. The van der Waals surface area contributed by atoms with Crippen molar-refractivity contribution in [1.82, 2.24) is 14.9 Å². The third-order valence-electron chi connectivity index (χ3n) is 6.44. The van der Waals surface area contributed by atoms with Gasteiger partial charge in [-0.1, -0.05) is 24.3 Å². The van der Waals surface area contributed by atoms with Crippen LogP contribution in [0.2, 0.25) is 0 Å². The number of hydrogen-bond acceptors (Lipinski definition) is 6. The van der Waals surface area contributed by atoms with Gasteiger partial charge in [0.15, 0.2) is 0 Å². The Hall–Kier alpha value is -2.51. The van der Waals surface area contributed by atoms with Gasteiger partial charge in [0.2, 0.25) is 5.91 Å². The van der Waals surface area contributed by atoms with Crippen molar-refractivity contribution >= 4 is 11.7 Å². The molecule has 0 aliphatic carbocycles. The van der Waals surface area contributed by atoms with Gasteiger partial charge in [-0.2, -0.15) is 4.98 Å². The second-order valence-electron chi connectivity index (χ2n) is 8.83. The Balaban J connectivity index is 1.27. The van der Waals surface area contributed by atoms with Gasteiger partial charge in [-0.05, 0) is 55.8 Å². The van der Waals surface area contributed by atoms with Crippen LogP contribution in [-0.4, -0.2) is 53.7 Å². The predicted molar refractivity (Wildman–Crippen MR) is 117 cm³/mol. The molecule has 7 heteroatoms. The summed E-state index contributed by atoms with van der Waals surface area (Å²) in [5, 5.41) is 0. The first-order chi connectivity index (χ1) is 15.2. The molecule has 1 amide bonds. The zero-order valence-electron chi connectivity index (χ0n) is 18.0. The number of carbonyl (C=O) groups excluding carboxylic acids is 1. The normalized spacial score (nSPS) is 19.7. The average molecular weight is 423 g/mol. The summed E-state index contributed by atoms with van der Waals surface area (Å²) >= 11 is 0. The lowest BCUT2D eigenvalue weighted by Gasteiger charge is -2.22. The minimum absolute atomic E-state index is 0.0656. The lowest BCUT2D eigenvalue weighted by atomic mass is 10.0. The van der Waals surface area contributed by atoms with E-state index in [1.807, 2.05) is 0 Å². The molecule has 5 rings (SSSR count). The predicted octanol–water partition coefficient (Wildman–Crippen LogP) is 2.97. The quantitative estimate of drug-likeness (QED) is 0.683. The van der Waals surface area contributed by atoms with Crippen molar-refractivity contribution in [2.45, 2.75) is 45.2 Å². The minimum atomic E-state index is 0.0656.